The smallest absolute Gasteiger partial charge is 0.139 e. The molecule has 0 amide bonds. The molecule has 0 fully saturated rings. The molecule has 0 unspecified atom stereocenters. The Morgan fingerprint density at radius 2 is 1.82 bits per heavy atom. The van der Waals surface area contributed by atoms with Crippen LogP contribution in [0.3, 0.4) is 0 Å². The molecule has 0 bridgehead atoms. The number of benzene rings is 1. The Balaban J connectivity index is 2.65. The molecule has 0 aliphatic rings. The minimum absolute atomic E-state index is 0.440. The first-order valence-corrected chi connectivity index (χ1v) is 6.40. The van der Waals surface area contributed by atoms with Crippen molar-refractivity contribution >= 4 is 60.8 Å². The lowest BCUT2D eigenvalue weighted by atomic mass is 10.1. The van der Waals surface area contributed by atoms with Gasteiger partial charge in [-0.05, 0) is 23.6 Å². The molecule has 3 aromatic rings. The minimum atomic E-state index is 0.440. The Bertz CT molecular complexity index is 743. The monoisotopic (exact) mass is 326 g/mol. The first-order valence-electron chi connectivity index (χ1n) is 4.86. The third-order valence-corrected chi connectivity index (χ3v) is 3.64. The summed E-state index contributed by atoms with van der Waals surface area (Å²) >= 11 is 15.7. The number of nitrogens with zero attached hydrogens (tertiary/aromatic N) is 2. The maximum atomic E-state index is 6.15. The molecular weight excluding hydrogens is 323 g/mol. The minimum Gasteiger partial charge on any atom is -0.244 e. The fourth-order valence-corrected chi connectivity index (χ4v) is 2.71. The summed E-state index contributed by atoms with van der Waals surface area (Å²) in [5.74, 6) is 0. The Morgan fingerprint density at radius 3 is 2.65 bits per heavy atom. The average Bonchev–Trinajstić information content (AvgIpc) is 2.28. The van der Waals surface area contributed by atoms with Gasteiger partial charge in [-0.1, -0.05) is 45.2 Å². The highest BCUT2D eigenvalue weighted by Gasteiger charge is 2.10. The topological polar surface area (TPSA) is 25.8 Å². The van der Waals surface area contributed by atoms with E-state index in [1.54, 1.807) is 12.3 Å². The van der Waals surface area contributed by atoms with Crippen molar-refractivity contribution in [3.05, 3.63) is 45.2 Å². The molecule has 2 heterocycles. The van der Waals surface area contributed by atoms with Crippen LogP contribution in [0.1, 0.15) is 0 Å². The quantitative estimate of drug-likeness (QED) is 0.435. The van der Waals surface area contributed by atoms with Gasteiger partial charge in [0.1, 0.15) is 10.3 Å². The summed E-state index contributed by atoms with van der Waals surface area (Å²) in [6.45, 7) is 0. The van der Waals surface area contributed by atoms with E-state index in [0.717, 1.165) is 26.1 Å². The molecule has 1 aromatic carbocycles. The predicted molar refractivity (Wildman–Crippen MR) is 74.8 cm³/mol. The lowest BCUT2D eigenvalue weighted by Crippen LogP contribution is -1.87. The first kappa shape index (κ1) is 11.2. The molecule has 5 heteroatoms. The van der Waals surface area contributed by atoms with Crippen LogP contribution in [0.25, 0.3) is 21.7 Å². The van der Waals surface area contributed by atoms with E-state index in [2.05, 4.69) is 25.9 Å². The van der Waals surface area contributed by atoms with Crippen molar-refractivity contribution in [3.63, 3.8) is 0 Å². The normalized spacial score (nSPS) is 11.2. The van der Waals surface area contributed by atoms with Gasteiger partial charge in [0.15, 0.2) is 0 Å². The van der Waals surface area contributed by atoms with Gasteiger partial charge in [0, 0.05) is 21.4 Å². The number of hydrogen-bond acceptors (Lipinski definition) is 2. The van der Waals surface area contributed by atoms with E-state index in [9.17, 15) is 0 Å². The second kappa shape index (κ2) is 4.09. The van der Waals surface area contributed by atoms with Gasteiger partial charge >= 0.3 is 0 Å². The molecule has 0 aliphatic carbocycles. The fourth-order valence-electron chi connectivity index (χ4n) is 1.84. The summed E-state index contributed by atoms with van der Waals surface area (Å²) in [6, 6.07) is 7.61. The second-order valence-corrected chi connectivity index (χ2v) is 5.22. The lowest BCUT2D eigenvalue weighted by Gasteiger charge is -2.06. The molecule has 2 nitrogen and oxygen atoms in total. The molecule has 0 spiro atoms. The summed E-state index contributed by atoms with van der Waals surface area (Å²) in [5.41, 5.74) is 0.751. The van der Waals surface area contributed by atoms with Crippen LogP contribution in [0.4, 0.5) is 0 Å². The summed E-state index contributed by atoms with van der Waals surface area (Å²) in [7, 11) is 0. The SMILES string of the molecule is Clc1nc2ccnc(Cl)c2c2cc(Br)ccc12. The van der Waals surface area contributed by atoms with Gasteiger partial charge in [-0.15, -0.1) is 0 Å². The van der Waals surface area contributed by atoms with Crippen molar-refractivity contribution in [3.8, 4) is 0 Å². The van der Waals surface area contributed by atoms with Crippen molar-refractivity contribution in [2.45, 2.75) is 0 Å². The zero-order valence-electron chi connectivity index (χ0n) is 8.42. The molecule has 2 aromatic heterocycles. The fraction of sp³-hybridized carbons (Fsp3) is 0. The van der Waals surface area contributed by atoms with Crippen LogP contribution in [-0.2, 0) is 0 Å². The maximum Gasteiger partial charge on any atom is 0.139 e. The number of halogens is 3. The number of rotatable bonds is 0. The molecule has 0 radical (unpaired) electrons. The summed E-state index contributed by atoms with van der Waals surface area (Å²) < 4.78 is 0.966. The maximum absolute atomic E-state index is 6.15. The van der Waals surface area contributed by atoms with Crippen LogP contribution >= 0.6 is 39.1 Å². The Labute approximate surface area is 116 Å². The van der Waals surface area contributed by atoms with Gasteiger partial charge in [0.25, 0.3) is 0 Å². The molecule has 84 valence electrons. The number of fused-ring (bicyclic) bond motifs is 3. The van der Waals surface area contributed by atoms with Crippen LogP contribution in [0.15, 0.2) is 34.9 Å². The van der Waals surface area contributed by atoms with E-state index in [1.165, 1.54) is 0 Å². The summed E-state index contributed by atoms with van der Waals surface area (Å²) in [5, 5.41) is 3.57. The summed E-state index contributed by atoms with van der Waals surface area (Å²) in [6.07, 6.45) is 1.62. The zero-order valence-corrected chi connectivity index (χ0v) is 11.5. The molecule has 3 rings (SSSR count). The van der Waals surface area contributed by atoms with Gasteiger partial charge in [-0.2, -0.15) is 0 Å². The van der Waals surface area contributed by atoms with Crippen LogP contribution < -0.4 is 0 Å². The van der Waals surface area contributed by atoms with E-state index >= 15 is 0 Å². The third-order valence-electron chi connectivity index (χ3n) is 2.57. The van der Waals surface area contributed by atoms with Crippen LogP contribution in [0.5, 0.6) is 0 Å². The standard InChI is InChI=1S/C12H5BrCl2N2/c13-6-1-2-7-8(5-6)10-9(17-11(7)14)3-4-16-12(10)15/h1-5H. The van der Waals surface area contributed by atoms with E-state index in [-0.39, 0.29) is 0 Å². The Kier molecular flexibility index (Phi) is 2.69. The molecule has 17 heavy (non-hydrogen) atoms. The van der Waals surface area contributed by atoms with Gasteiger partial charge in [0.05, 0.1) is 5.52 Å². The van der Waals surface area contributed by atoms with E-state index in [1.807, 2.05) is 18.2 Å². The van der Waals surface area contributed by atoms with Crippen molar-refractivity contribution in [2.75, 3.05) is 0 Å². The van der Waals surface area contributed by atoms with E-state index < -0.39 is 0 Å². The van der Waals surface area contributed by atoms with Crippen molar-refractivity contribution < 1.29 is 0 Å². The summed E-state index contributed by atoms with van der Waals surface area (Å²) in [4.78, 5) is 8.40. The molecule has 0 saturated carbocycles. The molecular formula is C12H5BrCl2N2. The predicted octanol–water partition coefficient (Wildman–Crippen LogP) is 4.85. The highest BCUT2D eigenvalue weighted by Crippen LogP contribution is 2.33. The lowest BCUT2D eigenvalue weighted by molar-refractivity contribution is 1.34. The van der Waals surface area contributed by atoms with E-state index in [4.69, 9.17) is 23.2 Å². The number of hydrogen-bond donors (Lipinski definition) is 0. The van der Waals surface area contributed by atoms with Crippen LogP contribution in [0, 0.1) is 0 Å². The van der Waals surface area contributed by atoms with Crippen molar-refractivity contribution in [1.29, 1.82) is 0 Å². The van der Waals surface area contributed by atoms with Crippen molar-refractivity contribution in [2.24, 2.45) is 0 Å². The van der Waals surface area contributed by atoms with Gasteiger partial charge in [0.2, 0.25) is 0 Å². The molecule has 0 aliphatic heterocycles. The zero-order chi connectivity index (χ0) is 12.0. The van der Waals surface area contributed by atoms with Crippen LogP contribution in [-0.4, -0.2) is 9.97 Å². The van der Waals surface area contributed by atoms with Crippen molar-refractivity contribution in [1.82, 2.24) is 9.97 Å². The molecule has 0 N–H and O–H groups in total. The van der Waals surface area contributed by atoms with Gasteiger partial charge < -0.3 is 0 Å². The number of pyridine rings is 2. The Morgan fingerprint density at radius 1 is 1.00 bits per heavy atom. The third kappa shape index (κ3) is 1.79. The van der Waals surface area contributed by atoms with Gasteiger partial charge in [-0.3, -0.25) is 0 Å². The molecule has 0 saturated heterocycles. The largest absolute Gasteiger partial charge is 0.244 e. The average molecular weight is 328 g/mol. The second-order valence-electron chi connectivity index (χ2n) is 3.59. The highest BCUT2D eigenvalue weighted by molar-refractivity contribution is 9.10. The first-order chi connectivity index (χ1) is 8.16. The van der Waals surface area contributed by atoms with Crippen LogP contribution in [0.2, 0.25) is 10.3 Å². The van der Waals surface area contributed by atoms with Gasteiger partial charge in [-0.25, -0.2) is 9.97 Å². The molecule has 0 atom stereocenters. The van der Waals surface area contributed by atoms with E-state index in [0.29, 0.717) is 10.3 Å². The highest BCUT2D eigenvalue weighted by atomic mass is 79.9. The Hall–Kier alpha value is -0.900. The number of aromatic nitrogens is 2.